The number of unbranched alkanes of at least 4 members (excludes halogenated alkanes) is 3. The summed E-state index contributed by atoms with van der Waals surface area (Å²) in [5, 5.41) is 13.1. The number of hydrogen-bond donors (Lipinski definition) is 2. The van der Waals surface area contributed by atoms with Gasteiger partial charge in [-0.05, 0) is 44.6 Å². The number of rotatable bonds is 9. The molecule has 108 valence electrons. The molecule has 0 aromatic carbocycles. The lowest BCUT2D eigenvalue weighted by Gasteiger charge is -2.31. The molecule has 1 saturated carbocycles. The SMILES string of the molecule is CCCCCCC(C)NCC1CCCCC1CO. The van der Waals surface area contributed by atoms with Crippen LogP contribution >= 0.6 is 0 Å². The Hall–Kier alpha value is -0.0800. The molecule has 0 aliphatic heterocycles. The van der Waals surface area contributed by atoms with Crippen LogP contribution in [-0.2, 0) is 0 Å². The van der Waals surface area contributed by atoms with Crippen LogP contribution in [0.25, 0.3) is 0 Å². The monoisotopic (exact) mass is 255 g/mol. The molecule has 1 aliphatic carbocycles. The van der Waals surface area contributed by atoms with Crippen LogP contribution in [0, 0.1) is 11.8 Å². The number of aliphatic hydroxyl groups is 1. The Bertz CT molecular complexity index is 196. The number of aliphatic hydroxyl groups excluding tert-OH is 1. The Morgan fingerprint density at radius 1 is 1.11 bits per heavy atom. The largest absolute Gasteiger partial charge is 0.396 e. The first-order valence-electron chi connectivity index (χ1n) is 8.12. The Kier molecular flexibility index (Phi) is 8.70. The van der Waals surface area contributed by atoms with Gasteiger partial charge in [0.1, 0.15) is 0 Å². The standard InChI is InChI=1S/C16H33NO/c1-3-4-5-6-9-14(2)17-12-15-10-7-8-11-16(15)13-18/h14-18H,3-13H2,1-2H3. The van der Waals surface area contributed by atoms with Crippen molar-refractivity contribution >= 4 is 0 Å². The first-order valence-corrected chi connectivity index (χ1v) is 8.12. The maximum Gasteiger partial charge on any atom is 0.0462 e. The van der Waals surface area contributed by atoms with E-state index in [4.69, 9.17) is 0 Å². The molecule has 3 unspecified atom stereocenters. The van der Waals surface area contributed by atoms with Gasteiger partial charge in [0.05, 0.1) is 0 Å². The quantitative estimate of drug-likeness (QED) is 0.615. The van der Waals surface area contributed by atoms with Crippen LogP contribution in [0.2, 0.25) is 0 Å². The maximum atomic E-state index is 9.40. The van der Waals surface area contributed by atoms with Gasteiger partial charge in [0.2, 0.25) is 0 Å². The zero-order valence-corrected chi connectivity index (χ0v) is 12.5. The lowest BCUT2D eigenvalue weighted by Crippen LogP contribution is -2.36. The molecule has 1 fully saturated rings. The summed E-state index contributed by atoms with van der Waals surface area (Å²) in [6, 6.07) is 0.642. The minimum atomic E-state index is 0.386. The van der Waals surface area contributed by atoms with Crippen molar-refractivity contribution in [1.29, 1.82) is 0 Å². The smallest absolute Gasteiger partial charge is 0.0462 e. The van der Waals surface area contributed by atoms with Gasteiger partial charge < -0.3 is 10.4 Å². The number of nitrogens with one attached hydrogen (secondary N) is 1. The van der Waals surface area contributed by atoms with Gasteiger partial charge >= 0.3 is 0 Å². The molecule has 0 aromatic rings. The zero-order chi connectivity index (χ0) is 13.2. The highest BCUT2D eigenvalue weighted by Crippen LogP contribution is 2.29. The molecular weight excluding hydrogens is 222 g/mol. The Labute approximate surface area is 114 Å². The Morgan fingerprint density at radius 2 is 1.83 bits per heavy atom. The van der Waals surface area contributed by atoms with Crippen molar-refractivity contribution in [3.63, 3.8) is 0 Å². The maximum absolute atomic E-state index is 9.40. The first-order chi connectivity index (χ1) is 8.77. The highest BCUT2D eigenvalue weighted by atomic mass is 16.3. The van der Waals surface area contributed by atoms with Crippen molar-refractivity contribution < 1.29 is 5.11 Å². The summed E-state index contributed by atoms with van der Waals surface area (Å²) in [5.41, 5.74) is 0. The fourth-order valence-electron chi connectivity index (χ4n) is 3.13. The predicted octanol–water partition coefficient (Wildman–Crippen LogP) is 3.73. The van der Waals surface area contributed by atoms with E-state index in [0.29, 0.717) is 24.5 Å². The highest BCUT2D eigenvalue weighted by molar-refractivity contribution is 4.77. The van der Waals surface area contributed by atoms with Crippen molar-refractivity contribution in [2.75, 3.05) is 13.2 Å². The highest BCUT2D eigenvalue weighted by Gasteiger charge is 2.24. The topological polar surface area (TPSA) is 32.3 Å². The molecule has 2 nitrogen and oxygen atoms in total. The van der Waals surface area contributed by atoms with Crippen LogP contribution in [0.3, 0.4) is 0 Å². The lowest BCUT2D eigenvalue weighted by molar-refractivity contribution is 0.131. The van der Waals surface area contributed by atoms with E-state index in [1.807, 2.05) is 0 Å². The van der Waals surface area contributed by atoms with Crippen LogP contribution in [0.5, 0.6) is 0 Å². The first kappa shape index (κ1) is 16.0. The molecule has 0 bridgehead atoms. The van der Waals surface area contributed by atoms with Gasteiger partial charge in [-0.3, -0.25) is 0 Å². The van der Waals surface area contributed by atoms with Crippen LogP contribution in [0.4, 0.5) is 0 Å². The predicted molar refractivity (Wildman–Crippen MR) is 78.8 cm³/mol. The van der Waals surface area contributed by atoms with E-state index >= 15 is 0 Å². The Morgan fingerprint density at radius 3 is 2.50 bits per heavy atom. The van der Waals surface area contributed by atoms with E-state index < -0.39 is 0 Å². The van der Waals surface area contributed by atoms with Gasteiger partial charge in [-0.25, -0.2) is 0 Å². The van der Waals surface area contributed by atoms with Crippen molar-refractivity contribution in [2.45, 2.75) is 77.7 Å². The minimum Gasteiger partial charge on any atom is -0.396 e. The van der Waals surface area contributed by atoms with Gasteiger partial charge in [-0.1, -0.05) is 45.4 Å². The van der Waals surface area contributed by atoms with Crippen LogP contribution < -0.4 is 5.32 Å². The molecule has 0 radical (unpaired) electrons. The molecule has 0 heterocycles. The Balaban J connectivity index is 2.10. The van der Waals surface area contributed by atoms with Gasteiger partial charge in [0.25, 0.3) is 0 Å². The van der Waals surface area contributed by atoms with E-state index in [-0.39, 0.29) is 0 Å². The molecule has 2 N–H and O–H groups in total. The molecule has 1 aliphatic rings. The molecule has 0 amide bonds. The second kappa shape index (κ2) is 9.80. The van der Waals surface area contributed by atoms with E-state index in [9.17, 15) is 5.11 Å². The van der Waals surface area contributed by atoms with Crippen molar-refractivity contribution in [3.05, 3.63) is 0 Å². The summed E-state index contributed by atoms with van der Waals surface area (Å²) in [6.45, 7) is 6.07. The van der Waals surface area contributed by atoms with Crippen molar-refractivity contribution in [1.82, 2.24) is 5.32 Å². The third-order valence-electron chi connectivity index (χ3n) is 4.52. The third-order valence-corrected chi connectivity index (χ3v) is 4.52. The van der Waals surface area contributed by atoms with E-state index in [1.54, 1.807) is 0 Å². The summed E-state index contributed by atoms with van der Waals surface area (Å²) in [6.07, 6.45) is 11.9. The molecule has 3 atom stereocenters. The van der Waals surface area contributed by atoms with Gasteiger partial charge in [-0.15, -0.1) is 0 Å². The summed E-state index contributed by atoms with van der Waals surface area (Å²) >= 11 is 0. The van der Waals surface area contributed by atoms with E-state index in [1.165, 1.54) is 57.8 Å². The average molecular weight is 255 g/mol. The second-order valence-corrected chi connectivity index (χ2v) is 6.15. The molecule has 18 heavy (non-hydrogen) atoms. The summed E-state index contributed by atoms with van der Waals surface area (Å²) in [4.78, 5) is 0. The fraction of sp³-hybridized carbons (Fsp3) is 1.00. The van der Waals surface area contributed by atoms with Gasteiger partial charge in [-0.2, -0.15) is 0 Å². The van der Waals surface area contributed by atoms with Crippen LogP contribution in [-0.4, -0.2) is 24.3 Å². The molecular formula is C16H33NO. The van der Waals surface area contributed by atoms with Crippen LogP contribution in [0.15, 0.2) is 0 Å². The van der Waals surface area contributed by atoms with E-state index in [0.717, 1.165) is 6.54 Å². The van der Waals surface area contributed by atoms with E-state index in [2.05, 4.69) is 19.2 Å². The second-order valence-electron chi connectivity index (χ2n) is 6.15. The van der Waals surface area contributed by atoms with Crippen molar-refractivity contribution in [2.24, 2.45) is 11.8 Å². The minimum absolute atomic E-state index is 0.386. The average Bonchev–Trinajstić information content (AvgIpc) is 2.41. The van der Waals surface area contributed by atoms with Gasteiger partial charge in [0, 0.05) is 12.6 Å². The van der Waals surface area contributed by atoms with Gasteiger partial charge in [0.15, 0.2) is 0 Å². The molecule has 0 aromatic heterocycles. The molecule has 0 spiro atoms. The molecule has 2 heteroatoms. The molecule has 1 rings (SSSR count). The third kappa shape index (κ3) is 6.19. The van der Waals surface area contributed by atoms with Crippen LogP contribution in [0.1, 0.15) is 71.6 Å². The fourth-order valence-corrected chi connectivity index (χ4v) is 3.13. The summed E-state index contributed by atoms with van der Waals surface area (Å²) < 4.78 is 0. The zero-order valence-electron chi connectivity index (χ0n) is 12.5. The summed E-state index contributed by atoms with van der Waals surface area (Å²) in [5.74, 6) is 1.26. The number of hydrogen-bond acceptors (Lipinski definition) is 2. The lowest BCUT2D eigenvalue weighted by atomic mass is 9.79. The van der Waals surface area contributed by atoms with Crippen molar-refractivity contribution in [3.8, 4) is 0 Å². The normalized spacial score (nSPS) is 26.2. The summed E-state index contributed by atoms with van der Waals surface area (Å²) in [7, 11) is 0. The molecule has 0 saturated heterocycles.